The average molecular weight is 261 g/mol. The van der Waals surface area contributed by atoms with Crippen molar-refractivity contribution in [2.45, 2.75) is 13.1 Å². The van der Waals surface area contributed by atoms with E-state index in [4.69, 9.17) is 21.3 Å². The number of hydrogen-bond acceptors (Lipinski definition) is 3. The highest BCUT2D eigenvalue weighted by Crippen LogP contribution is 2.37. The summed E-state index contributed by atoms with van der Waals surface area (Å²) in [6, 6.07) is 2.73. The molecule has 0 atom stereocenters. The van der Waals surface area contributed by atoms with Crippen molar-refractivity contribution in [1.82, 2.24) is 4.98 Å². The number of aromatic nitrogens is 1. The summed E-state index contributed by atoms with van der Waals surface area (Å²) in [5.41, 5.74) is -2.04. The minimum absolute atomic E-state index is 0.00582. The van der Waals surface area contributed by atoms with Gasteiger partial charge in [-0.25, -0.2) is 4.98 Å². The summed E-state index contributed by atoms with van der Waals surface area (Å²) in [5, 5.41) is 8.35. The second kappa shape index (κ2) is 3.64. The predicted octanol–water partition coefficient (Wildman–Crippen LogP) is 3.68. The van der Waals surface area contributed by atoms with Crippen LogP contribution >= 0.6 is 11.6 Å². The summed E-state index contributed by atoms with van der Waals surface area (Å²) in [4.78, 5) is 3.37. The number of rotatable bonds is 0. The third-order valence-corrected chi connectivity index (χ3v) is 2.46. The van der Waals surface area contributed by atoms with Crippen LogP contribution < -0.4 is 0 Å². The molecule has 2 aromatic rings. The molecule has 0 N–H and O–H groups in total. The second-order valence-electron chi connectivity index (χ2n) is 3.33. The van der Waals surface area contributed by atoms with Crippen molar-refractivity contribution >= 4 is 22.7 Å². The molecule has 0 fully saturated rings. The third-order valence-electron chi connectivity index (χ3n) is 2.10. The lowest BCUT2D eigenvalue weighted by atomic mass is 10.2. The van der Waals surface area contributed by atoms with E-state index in [0.717, 1.165) is 0 Å². The summed E-state index contributed by atoms with van der Waals surface area (Å²) >= 11 is 5.71. The molecule has 0 saturated heterocycles. The number of fused-ring (bicyclic) bond motifs is 1. The quantitative estimate of drug-likeness (QED) is 0.726. The Morgan fingerprint density at radius 2 is 2.12 bits per heavy atom. The highest BCUT2D eigenvalue weighted by molar-refractivity contribution is 6.35. The maximum atomic E-state index is 12.6. The minimum atomic E-state index is -4.73. The van der Waals surface area contributed by atoms with E-state index < -0.39 is 17.4 Å². The maximum absolute atomic E-state index is 12.6. The molecule has 0 aliphatic rings. The predicted molar refractivity (Wildman–Crippen MR) is 53.5 cm³/mol. The molecule has 2 rings (SSSR count). The molecule has 7 heteroatoms. The van der Waals surface area contributed by atoms with E-state index in [1.807, 2.05) is 0 Å². The number of pyridine rings is 1. The minimum Gasteiger partial charge on any atom is -0.458 e. The van der Waals surface area contributed by atoms with Gasteiger partial charge in [0.25, 0.3) is 0 Å². The molecule has 0 radical (unpaired) electrons. The fourth-order valence-corrected chi connectivity index (χ4v) is 1.71. The fourth-order valence-electron chi connectivity index (χ4n) is 1.44. The normalized spacial score (nSPS) is 11.8. The largest absolute Gasteiger partial charge is 0.458 e. The summed E-state index contributed by atoms with van der Waals surface area (Å²) in [7, 11) is 0. The van der Waals surface area contributed by atoms with Crippen LogP contribution in [0, 0.1) is 18.3 Å². The smallest absolute Gasteiger partial charge is 0.434 e. The Hall–Kier alpha value is -1.74. The van der Waals surface area contributed by atoms with Crippen LogP contribution in [0.4, 0.5) is 13.2 Å². The summed E-state index contributed by atoms with van der Waals surface area (Å²) < 4.78 is 43.0. The van der Waals surface area contributed by atoms with E-state index in [9.17, 15) is 13.2 Å². The van der Waals surface area contributed by atoms with Gasteiger partial charge in [0.1, 0.15) is 27.9 Å². The molecule has 0 aliphatic carbocycles. The fraction of sp³-hybridized carbons (Fsp3) is 0.200. The molecule has 2 heterocycles. The standard InChI is InChI=1S/C10H4ClF3N2O/c1-4-2-6-8(17-4)7(11)5(3-15)9(16-6)10(12,13)14/h2H,1H3. The Morgan fingerprint density at radius 1 is 1.47 bits per heavy atom. The summed E-state index contributed by atoms with van der Waals surface area (Å²) in [6.45, 7) is 1.55. The molecular weight excluding hydrogens is 257 g/mol. The molecular formula is C10H4ClF3N2O. The first kappa shape index (κ1) is 11.7. The van der Waals surface area contributed by atoms with Crippen molar-refractivity contribution in [2.24, 2.45) is 0 Å². The van der Waals surface area contributed by atoms with Crippen LogP contribution in [0.2, 0.25) is 5.02 Å². The SMILES string of the molecule is Cc1cc2nc(C(F)(F)F)c(C#N)c(Cl)c2o1. The first-order valence-corrected chi connectivity index (χ1v) is 4.79. The Balaban J connectivity index is 2.90. The molecule has 0 bridgehead atoms. The summed E-state index contributed by atoms with van der Waals surface area (Å²) in [6.07, 6.45) is -4.73. The molecule has 0 aliphatic heterocycles. The third kappa shape index (κ3) is 1.83. The van der Waals surface area contributed by atoms with Gasteiger partial charge in [0.2, 0.25) is 0 Å². The van der Waals surface area contributed by atoms with Gasteiger partial charge in [-0.3, -0.25) is 0 Å². The highest BCUT2D eigenvalue weighted by atomic mass is 35.5. The molecule has 0 amide bonds. The molecule has 88 valence electrons. The first-order valence-electron chi connectivity index (χ1n) is 4.41. The van der Waals surface area contributed by atoms with Crippen LogP contribution in [0.15, 0.2) is 10.5 Å². The van der Waals surface area contributed by atoms with Gasteiger partial charge in [0.15, 0.2) is 11.3 Å². The molecule has 0 spiro atoms. The molecule has 0 unspecified atom stereocenters. The van der Waals surface area contributed by atoms with Crippen LogP contribution in [0.5, 0.6) is 0 Å². The Labute approximate surface area is 98.4 Å². The molecule has 17 heavy (non-hydrogen) atoms. The van der Waals surface area contributed by atoms with E-state index in [1.54, 1.807) is 6.92 Å². The van der Waals surface area contributed by atoms with Crippen molar-refractivity contribution in [1.29, 1.82) is 5.26 Å². The van der Waals surface area contributed by atoms with Crippen molar-refractivity contribution in [3.8, 4) is 6.07 Å². The van der Waals surface area contributed by atoms with Crippen LogP contribution in [-0.2, 0) is 6.18 Å². The zero-order valence-electron chi connectivity index (χ0n) is 8.39. The maximum Gasteiger partial charge on any atom is 0.434 e. The first-order chi connectivity index (χ1) is 7.84. The number of furan rings is 1. The van der Waals surface area contributed by atoms with Crippen molar-refractivity contribution in [2.75, 3.05) is 0 Å². The lowest BCUT2D eigenvalue weighted by Gasteiger charge is -2.08. The van der Waals surface area contributed by atoms with Gasteiger partial charge in [-0.2, -0.15) is 18.4 Å². The second-order valence-corrected chi connectivity index (χ2v) is 3.71. The van der Waals surface area contributed by atoms with Gasteiger partial charge in [-0.15, -0.1) is 0 Å². The number of halogens is 4. The zero-order valence-corrected chi connectivity index (χ0v) is 9.15. The van der Waals surface area contributed by atoms with Gasteiger partial charge in [0, 0.05) is 6.07 Å². The van der Waals surface area contributed by atoms with Gasteiger partial charge in [0.05, 0.1) is 0 Å². The lowest BCUT2D eigenvalue weighted by Crippen LogP contribution is -2.11. The lowest BCUT2D eigenvalue weighted by molar-refractivity contribution is -0.141. The van der Waals surface area contributed by atoms with Crippen LogP contribution in [-0.4, -0.2) is 4.98 Å². The van der Waals surface area contributed by atoms with E-state index in [2.05, 4.69) is 4.98 Å². The monoisotopic (exact) mass is 260 g/mol. The van der Waals surface area contributed by atoms with Crippen LogP contribution in [0.1, 0.15) is 17.0 Å². The van der Waals surface area contributed by atoms with Gasteiger partial charge in [-0.1, -0.05) is 11.6 Å². The number of alkyl halides is 3. The number of hydrogen-bond donors (Lipinski definition) is 0. The Bertz CT molecular complexity index is 640. The average Bonchev–Trinajstić information content (AvgIpc) is 2.57. The van der Waals surface area contributed by atoms with E-state index in [-0.39, 0.29) is 16.1 Å². The van der Waals surface area contributed by atoms with Gasteiger partial charge in [-0.05, 0) is 6.92 Å². The van der Waals surface area contributed by atoms with Crippen LogP contribution in [0.3, 0.4) is 0 Å². The molecule has 2 aromatic heterocycles. The van der Waals surface area contributed by atoms with Crippen molar-refractivity contribution in [3.63, 3.8) is 0 Å². The van der Waals surface area contributed by atoms with Crippen molar-refractivity contribution < 1.29 is 17.6 Å². The van der Waals surface area contributed by atoms with Crippen LogP contribution in [0.25, 0.3) is 11.1 Å². The number of nitriles is 1. The van der Waals surface area contributed by atoms with E-state index in [1.165, 1.54) is 12.1 Å². The number of aryl methyl sites for hydroxylation is 1. The highest BCUT2D eigenvalue weighted by Gasteiger charge is 2.38. The Kier molecular flexibility index (Phi) is 2.51. The number of nitrogens with zero attached hydrogens (tertiary/aromatic N) is 2. The van der Waals surface area contributed by atoms with E-state index in [0.29, 0.717) is 5.76 Å². The Morgan fingerprint density at radius 3 is 2.65 bits per heavy atom. The van der Waals surface area contributed by atoms with Gasteiger partial charge >= 0.3 is 6.18 Å². The molecule has 0 saturated carbocycles. The summed E-state index contributed by atoms with van der Waals surface area (Å²) in [5.74, 6) is 0.373. The topological polar surface area (TPSA) is 49.8 Å². The van der Waals surface area contributed by atoms with E-state index >= 15 is 0 Å². The molecule has 3 nitrogen and oxygen atoms in total. The van der Waals surface area contributed by atoms with Gasteiger partial charge < -0.3 is 4.42 Å². The zero-order chi connectivity index (χ0) is 12.8. The van der Waals surface area contributed by atoms with Crippen molar-refractivity contribution in [3.05, 3.63) is 28.1 Å². The molecule has 0 aromatic carbocycles.